The van der Waals surface area contributed by atoms with Crippen molar-refractivity contribution in [1.29, 1.82) is 5.26 Å². The number of rotatable bonds is 4. The maximum atomic E-state index is 12.2. The first-order valence-electron chi connectivity index (χ1n) is 7.53. The number of benzene rings is 1. The van der Waals surface area contributed by atoms with E-state index in [0.717, 1.165) is 0 Å². The van der Waals surface area contributed by atoms with Gasteiger partial charge in [-0.25, -0.2) is 9.78 Å². The van der Waals surface area contributed by atoms with Gasteiger partial charge in [-0.05, 0) is 31.2 Å². The number of imidazole rings is 1. The van der Waals surface area contributed by atoms with Crippen LogP contribution in [0.1, 0.15) is 23.0 Å². The first-order chi connectivity index (χ1) is 12.1. The van der Waals surface area contributed by atoms with E-state index in [-0.39, 0.29) is 5.69 Å². The molecular formula is C18H14N4O3. The van der Waals surface area contributed by atoms with Crippen LogP contribution in [-0.4, -0.2) is 27.4 Å². The van der Waals surface area contributed by atoms with Gasteiger partial charge in [-0.1, -0.05) is 18.2 Å². The van der Waals surface area contributed by atoms with Gasteiger partial charge in [0.25, 0.3) is 5.91 Å². The lowest BCUT2D eigenvalue weighted by molar-refractivity contribution is -0.123. The highest BCUT2D eigenvalue weighted by atomic mass is 16.5. The number of carbonyl (C=O) groups is 2. The van der Waals surface area contributed by atoms with E-state index in [4.69, 9.17) is 10.00 Å². The predicted molar refractivity (Wildman–Crippen MR) is 89.9 cm³/mol. The van der Waals surface area contributed by atoms with Crippen LogP contribution in [0, 0.1) is 11.3 Å². The number of hydrogen-bond donors (Lipinski definition) is 1. The number of aromatic nitrogens is 2. The van der Waals surface area contributed by atoms with E-state index in [2.05, 4.69) is 10.3 Å². The summed E-state index contributed by atoms with van der Waals surface area (Å²) in [7, 11) is 0. The zero-order valence-electron chi connectivity index (χ0n) is 13.3. The third-order valence-corrected chi connectivity index (χ3v) is 3.53. The predicted octanol–water partition coefficient (Wildman–Crippen LogP) is 2.39. The molecule has 0 spiro atoms. The summed E-state index contributed by atoms with van der Waals surface area (Å²) in [5.41, 5.74) is 1.41. The number of anilines is 1. The van der Waals surface area contributed by atoms with Crippen molar-refractivity contribution in [2.24, 2.45) is 0 Å². The summed E-state index contributed by atoms with van der Waals surface area (Å²) in [6.45, 7) is 1.46. The topological polar surface area (TPSA) is 96.5 Å². The molecule has 0 saturated heterocycles. The van der Waals surface area contributed by atoms with Gasteiger partial charge in [0.05, 0.1) is 11.3 Å². The molecular weight excluding hydrogens is 320 g/mol. The second-order valence-electron chi connectivity index (χ2n) is 5.29. The van der Waals surface area contributed by atoms with Gasteiger partial charge in [0, 0.05) is 12.4 Å². The highest BCUT2D eigenvalue weighted by Gasteiger charge is 2.21. The molecule has 3 aromatic rings. The Kier molecular flexibility index (Phi) is 4.44. The third kappa shape index (κ3) is 3.48. The van der Waals surface area contributed by atoms with E-state index < -0.39 is 18.0 Å². The van der Waals surface area contributed by atoms with E-state index in [1.54, 1.807) is 47.0 Å². The van der Waals surface area contributed by atoms with Crippen LogP contribution in [0.3, 0.4) is 0 Å². The molecule has 1 aromatic carbocycles. The largest absolute Gasteiger partial charge is 0.448 e. The summed E-state index contributed by atoms with van der Waals surface area (Å²) in [4.78, 5) is 28.5. The highest BCUT2D eigenvalue weighted by Crippen LogP contribution is 2.14. The van der Waals surface area contributed by atoms with Crippen LogP contribution in [0.4, 0.5) is 5.69 Å². The molecule has 7 nitrogen and oxygen atoms in total. The van der Waals surface area contributed by atoms with Crippen molar-refractivity contribution in [2.75, 3.05) is 5.32 Å². The van der Waals surface area contributed by atoms with Gasteiger partial charge in [0.15, 0.2) is 11.8 Å². The van der Waals surface area contributed by atoms with Gasteiger partial charge in [-0.15, -0.1) is 0 Å². The summed E-state index contributed by atoms with van der Waals surface area (Å²) >= 11 is 0. The zero-order valence-corrected chi connectivity index (χ0v) is 13.3. The Balaban J connectivity index is 1.68. The smallest absolute Gasteiger partial charge is 0.359 e. The highest BCUT2D eigenvalue weighted by molar-refractivity contribution is 5.97. The van der Waals surface area contributed by atoms with E-state index in [1.807, 2.05) is 12.1 Å². The Morgan fingerprint density at radius 2 is 2.00 bits per heavy atom. The van der Waals surface area contributed by atoms with Crippen LogP contribution in [0.5, 0.6) is 0 Å². The van der Waals surface area contributed by atoms with Crippen molar-refractivity contribution in [2.45, 2.75) is 13.0 Å². The average Bonchev–Trinajstić information content (AvgIpc) is 3.06. The number of fused-ring (bicyclic) bond motifs is 1. The van der Waals surface area contributed by atoms with E-state index in [1.165, 1.54) is 13.1 Å². The molecule has 0 unspecified atom stereocenters. The number of nitriles is 1. The minimum Gasteiger partial charge on any atom is -0.448 e. The lowest BCUT2D eigenvalue weighted by Gasteiger charge is -2.13. The molecule has 1 atom stereocenters. The molecule has 0 fully saturated rings. The molecule has 0 aliphatic carbocycles. The number of para-hydroxylation sites is 1. The fourth-order valence-electron chi connectivity index (χ4n) is 2.23. The van der Waals surface area contributed by atoms with Gasteiger partial charge >= 0.3 is 5.97 Å². The number of amides is 1. The number of nitrogens with one attached hydrogen (secondary N) is 1. The molecule has 25 heavy (non-hydrogen) atoms. The monoisotopic (exact) mass is 334 g/mol. The Bertz CT molecular complexity index is 954. The Labute approximate surface area is 143 Å². The lowest BCUT2D eigenvalue weighted by atomic mass is 10.2. The summed E-state index contributed by atoms with van der Waals surface area (Å²) in [6.07, 6.45) is 2.26. The van der Waals surface area contributed by atoms with Crippen molar-refractivity contribution < 1.29 is 14.3 Å². The fraction of sp³-hybridized carbons (Fsp3) is 0.111. The van der Waals surface area contributed by atoms with Crippen LogP contribution in [0.2, 0.25) is 0 Å². The molecule has 0 saturated carbocycles. The molecule has 0 aliphatic rings. The fourth-order valence-corrected chi connectivity index (χ4v) is 2.23. The maximum Gasteiger partial charge on any atom is 0.359 e. The number of esters is 1. The molecule has 7 heteroatoms. The van der Waals surface area contributed by atoms with Crippen molar-refractivity contribution in [3.8, 4) is 6.07 Å². The first-order valence-corrected chi connectivity index (χ1v) is 7.53. The zero-order chi connectivity index (χ0) is 17.8. The third-order valence-electron chi connectivity index (χ3n) is 3.53. The standard InChI is InChI=1S/C18H14N4O3/c1-12(17(23)21-14-7-3-2-6-13(14)10-19)25-18(24)15-11-22-9-5-4-8-16(22)20-15/h2-9,11-12H,1H3,(H,21,23)/t12-/m1/s1. The van der Waals surface area contributed by atoms with Crippen molar-refractivity contribution >= 4 is 23.2 Å². The van der Waals surface area contributed by atoms with Gasteiger partial charge < -0.3 is 14.5 Å². The van der Waals surface area contributed by atoms with Crippen LogP contribution in [-0.2, 0) is 9.53 Å². The number of ether oxygens (including phenoxy) is 1. The van der Waals surface area contributed by atoms with Gasteiger partial charge in [-0.3, -0.25) is 4.79 Å². The Hall–Kier alpha value is -3.66. The Morgan fingerprint density at radius 3 is 2.76 bits per heavy atom. The maximum absolute atomic E-state index is 12.2. The van der Waals surface area contributed by atoms with Gasteiger partial charge in [0.1, 0.15) is 11.7 Å². The number of pyridine rings is 1. The number of nitrogens with zero attached hydrogens (tertiary/aromatic N) is 3. The minimum absolute atomic E-state index is 0.114. The number of hydrogen-bond acceptors (Lipinski definition) is 5. The molecule has 1 N–H and O–H groups in total. The first kappa shape index (κ1) is 16.2. The molecule has 2 heterocycles. The summed E-state index contributed by atoms with van der Waals surface area (Å²) in [5.74, 6) is -1.22. The minimum atomic E-state index is -1.04. The molecule has 124 valence electrons. The molecule has 2 aromatic heterocycles. The second-order valence-corrected chi connectivity index (χ2v) is 5.29. The van der Waals surface area contributed by atoms with E-state index >= 15 is 0 Å². The van der Waals surface area contributed by atoms with Crippen LogP contribution in [0.25, 0.3) is 5.65 Å². The SMILES string of the molecule is C[C@@H](OC(=O)c1cn2ccccc2n1)C(=O)Nc1ccccc1C#N. The van der Waals surface area contributed by atoms with E-state index in [9.17, 15) is 9.59 Å². The van der Waals surface area contributed by atoms with Crippen LogP contribution < -0.4 is 5.32 Å². The van der Waals surface area contributed by atoms with Crippen LogP contribution >= 0.6 is 0 Å². The molecule has 1 amide bonds. The molecule has 3 rings (SSSR count). The second kappa shape index (κ2) is 6.84. The molecule has 0 aliphatic heterocycles. The summed E-state index contributed by atoms with van der Waals surface area (Å²) < 4.78 is 6.85. The summed E-state index contributed by atoms with van der Waals surface area (Å²) in [6, 6.07) is 13.9. The van der Waals surface area contributed by atoms with Crippen molar-refractivity contribution in [1.82, 2.24) is 9.38 Å². The summed E-state index contributed by atoms with van der Waals surface area (Å²) in [5, 5.41) is 11.6. The normalized spacial score (nSPS) is 11.5. The Morgan fingerprint density at radius 1 is 1.24 bits per heavy atom. The molecule has 0 radical (unpaired) electrons. The van der Waals surface area contributed by atoms with E-state index in [0.29, 0.717) is 16.9 Å². The van der Waals surface area contributed by atoms with Crippen molar-refractivity contribution in [3.05, 3.63) is 66.1 Å². The average molecular weight is 334 g/mol. The number of carbonyl (C=O) groups excluding carboxylic acids is 2. The molecule has 0 bridgehead atoms. The van der Waals surface area contributed by atoms with Gasteiger partial charge in [0.2, 0.25) is 0 Å². The van der Waals surface area contributed by atoms with Crippen molar-refractivity contribution in [3.63, 3.8) is 0 Å². The lowest BCUT2D eigenvalue weighted by Crippen LogP contribution is -2.30. The van der Waals surface area contributed by atoms with Crippen LogP contribution in [0.15, 0.2) is 54.9 Å². The quantitative estimate of drug-likeness (QED) is 0.739. The van der Waals surface area contributed by atoms with Gasteiger partial charge in [-0.2, -0.15) is 5.26 Å².